The Hall–Kier alpha value is -3.50. The summed E-state index contributed by atoms with van der Waals surface area (Å²) in [5, 5.41) is 0. The fourth-order valence-electron chi connectivity index (χ4n) is 3.25. The highest BCUT2D eigenvalue weighted by Gasteiger charge is 2.44. The Balaban J connectivity index is 1.70. The van der Waals surface area contributed by atoms with Crippen molar-refractivity contribution in [3.63, 3.8) is 0 Å². The van der Waals surface area contributed by atoms with Crippen molar-refractivity contribution in [2.75, 3.05) is 26.4 Å². The van der Waals surface area contributed by atoms with Gasteiger partial charge < -0.3 is 15.4 Å². The zero-order valence-electron chi connectivity index (χ0n) is 15.6. The van der Waals surface area contributed by atoms with E-state index in [0.717, 1.165) is 16.8 Å². The van der Waals surface area contributed by atoms with E-state index in [-0.39, 0.29) is 5.91 Å². The Labute approximate surface area is 162 Å². The molecule has 0 unspecified atom stereocenters. The Morgan fingerprint density at radius 2 is 2.11 bits per heavy atom. The lowest BCUT2D eigenvalue weighted by Crippen LogP contribution is -2.39. The largest absolute Gasteiger partial charge is 0.382 e. The number of likely N-dealkylation sites (tertiary alicyclic amines) is 1. The highest BCUT2D eigenvalue weighted by molar-refractivity contribution is 5.91. The minimum Gasteiger partial charge on any atom is -0.382 e. The molecule has 1 fully saturated rings. The van der Waals surface area contributed by atoms with E-state index in [9.17, 15) is 4.79 Å². The van der Waals surface area contributed by atoms with E-state index in [4.69, 9.17) is 10.5 Å². The number of hydrogen-bond donors (Lipinski definition) is 1. The number of amides is 1. The molecule has 0 spiro atoms. The third-order valence-electron chi connectivity index (χ3n) is 4.92. The van der Waals surface area contributed by atoms with Crippen molar-refractivity contribution >= 4 is 22.8 Å². The molecule has 4 rings (SSSR count). The lowest BCUT2D eigenvalue weighted by Gasteiger charge is -2.18. The summed E-state index contributed by atoms with van der Waals surface area (Å²) in [5.74, 6) is 6.36. The number of anilines is 1. The molecule has 0 bridgehead atoms. The van der Waals surface area contributed by atoms with Gasteiger partial charge in [0, 0.05) is 38.2 Å². The number of rotatable bonds is 2. The molecule has 1 aliphatic rings. The summed E-state index contributed by atoms with van der Waals surface area (Å²) in [5.41, 5.74) is 8.51. The van der Waals surface area contributed by atoms with Gasteiger partial charge in [-0.25, -0.2) is 15.0 Å². The number of nitrogens with zero attached hydrogens (tertiary/aromatic N) is 4. The molecule has 1 atom stereocenters. The summed E-state index contributed by atoms with van der Waals surface area (Å²) in [6.45, 7) is 0.631. The Kier molecular flexibility index (Phi) is 4.41. The molecule has 2 N–H and O–H groups in total. The van der Waals surface area contributed by atoms with Gasteiger partial charge in [-0.3, -0.25) is 4.79 Å². The van der Waals surface area contributed by atoms with Gasteiger partial charge in [0.25, 0.3) is 5.91 Å². The van der Waals surface area contributed by atoms with Gasteiger partial charge in [-0.1, -0.05) is 24.0 Å². The SMILES string of the molecule is CO[C@@]1(C#Cc2cccc(-c3ccc4ncnc(N)c4n3)c2)CCN(C)C1=O. The average molecular weight is 373 g/mol. The van der Waals surface area contributed by atoms with Gasteiger partial charge in [-0.15, -0.1) is 0 Å². The average Bonchev–Trinajstić information content (AvgIpc) is 3.01. The topological polar surface area (TPSA) is 94.2 Å². The third kappa shape index (κ3) is 3.04. The van der Waals surface area contributed by atoms with Gasteiger partial charge in [-0.05, 0) is 24.3 Å². The maximum Gasteiger partial charge on any atom is 0.267 e. The number of nitrogen functional groups attached to an aromatic ring is 1. The van der Waals surface area contributed by atoms with Crippen LogP contribution in [0.1, 0.15) is 12.0 Å². The van der Waals surface area contributed by atoms with Crippen molar-refractivity contribution in [2.24, 2.45) is 0 Å². The predicted molar refractivity (Wildman–Crippen MR) is 106 cm³/mol. The molecular weight excluding hydrogens is 354 g/mol. The fraction of sp³-hybridized carbons (Fsp3) is 0.238. The molecule has 0 aliphatic carbocycles. The molecule has 140 valence electrons. The fourth-order valence-corrected chi connectivity index (χ4v) is 3.25. The minimum absolute atomic E-state index is 0.106. The molecule has 0 saturated carbocycles. The lowest BCUT2D eigenvalue weighted by atomic mass is 10.0. The molecule has 28 heavy (non-hydrogen) atoms. The summed E-state index contributed by atoms with van der Waals surface area (Å²) >= 11 is 0. The number of benzene rings is 1. The van der Waals surface area contributed by atoms with Crippen LogP contribution in [0.3, 0.4) is 0 Å². The van der Waals surface area contributed by atoms with E-state index in [1.165, 1.54) is 13.4 Å². The second kappa shape index (κ2) is 6.91. The van der Waals surface area contributed by atoms with Crippen LogP contribution in [0.15, 0.2) is 42.7 Å². The molecule has 2 aromatic heterocycles. The molecule has 1 aliphatic heterocycles. The van der Waals surface area contributed by atoms with Crippen LogP contribution in [-0.2, 0) is 9.53 Å². The van der Waals surface area contributed by atoms with E-state index in [1.807, 2.05) is 36.4 Å². The molecule has 3 aromatic rings. The quantitative estimate of drug-likeness (QED) is 0.689. The van der Waals surface area contributed by atoms with E-state index in [0.29, 0.717) is 29.8 Å². The lowest BCUT2D eigenvalue weighted by molar-refractivity contribution is -0.139. The van der Waals surface area contributed by atoms with Crippen LogP contribution >= 0.6 is 0 Å². The number of carbonyl (C=O) groups is 1. The van der Waals surface area contributed by atoms with E-state index < -0.39 is 5.60 Å². The molecule has 1 saturated heterocycles. The van der Waals surface area contributed by atoms with Crippen LogP contribution in [-0.4, -0.2) is 52.1 Å². The standard InChI is InChI=1S/C21H19N5O2/c1-26-11-10-21(28-2,20(26)27)9-8-14-4-3-5-15(12-14)16-6-7-17-18(25-16)19(22)24-13-23-17/h3-7,12-13H,10-11H2,1-2H3,(H2,22,23,24)/t21-/m0/s1. The smallest absolute Gasteiger partial charge is 0.267 e. The van der Waals surface area contributed by atoms with Gasteiger partial charge >= 0.3 is 0 Å². The number of carbonyl (C=O) groups excluding carboxylic acids is 1. The van der Waals surface area contributed by atoms with Crippen molar-refractivity contribution in [1.82, 2.24) is 19.9 Å². The van der Waals surface area contributed by atoms with Crippen LogP contribution in [0.25, 0.3) is 22.3 Å². The molecule has 1 amide bonds. The van der Waals surface area contributed by atoms with Crippen LogP contribution < -0.4 is 5.73 Å². The maximum absolute atomic E-state index is 12.4. The van der Waals surface area contributed by atoms with Crippen molar-refractivity contribution in [1.29, 1.82) is 0 Å². The molecule has 3 heterocycles. The van der Waals surface area contributed by atoms with E-state index in [2.05, 4.69) is 26.8 Å². The first-order valence-corrected chi connectivity index (χ1v) is 8.84. The number of hydrogen-bond acceptors (Lipinski definition) is 6. The highest BCUT2D eigenvalue weighted by atomic mass is 16.5. The molecule has 7 heteroatoms. The normalized spacial score (nSPS) is 18.9. The second-order valence-corrected chi connectivity index (χ2v) is 6.66. The van der Waals surface area contributed by atoms with Crippen LogP contribution in [0.2, 0.25) is 0 Å². The number of methoxy groups -OCH3 is 1. The molecule has 7 nitrogen and oxygen atoms in total. The Bertz CT molecular complexity index is 1130. The Morgan fingerprint density at radius 3 is 2.86 bits per heavy atom. The predicted octanol–water partition coefficient (Wildman–Crippen LogP) is 1.87. The zero-order valence-corrected chi connectivity index (χ0v) is 15.6. The summed E-state index contributed by atoms with van der Waals surface area (Å²) < 4.78 is 5.47. The van der Waals surface area contributed by atoms with E-state index in [1.54, 1.807) is 11.9 Å². The minimum atomic E-state index is -1.07. The van der Waals surface area contributed by atoms with Crippen molar-refractivity contribution in [3.8, 4) is 23.1 Å². The number of aromatic nitrogens is 3. The van der Waals surface area contributed by atoms with Gasteiger partial charge in [0.2, 0.25) is 5.60 Å². The van der Waals surface area contributed by atoms with Crippen LogP contribution in [0.5, 0.6) is 0 Å². The number of fused-ring (bicyclic) bond motifs is 1. The number of likely N-dealkylation sites (N-methyl/N-ethyl adjacent to an activating group) is 1. The summed E-state index contributed by atoms with van der Waals surface area (Å²) in [7, 11) is 3.28. The summed E-state index contributed by atoms with van der Waals surface area (Å²) in [4.78, 5) is 26.8. The molecular formula is C21H19N5O2. The second-order valence-electron chi connectivity index (χ2n) is 6.66. The third-order valence-corrected chi connectivity index (χ3v) is 4.92. The van der Waals surface area contributed by atoms with Gasteiger partial charge in [0.15, 0.2) is 5.82 Å². The van der Waals surface area contributed by atoms with Gasteiger partial charge in [0.05, 0.1) is 11.2 Å². The number of pyridine rings is 1. The highest BCUT2D eigenvalue weighted by Crippen LogP contribution is 2.26. The molecule has 0 radical (unpaired) electrons. The van der Waals surface area contributed by atoms with Crippen molar-refractivity contribution in [2.45, 2.75) is 12.0 Å². The van der Waals surface area contributed by atoms with Crippen LogP contribution in [0, 0.1) is 11.8 Å². The van der Waals surface area contributed by atoms with Gasteiger partial charge in [-0.2, -0.15) is 0 Å². The first-order valence-electron chi connectivity index (χ1n) is 8.84. The van der Waals surface area contributed by atoms with Crippen molar-refractivity contribution in [3.05, 3.63) is 48.3 Å². The first-order chi connectivity index (χ1) is 13.5. The zero-order chi connectivity index (χ0) is 19.7. The number of nitrogens with two attached hydrogens (primary N) is 1. The van der Waals surface area contributed by atoms with Crippen molar-refractivity contribution < 1.29 is 9.53 Å². The Morgan fingerprint density at radius 1 is 1.25 bits per heavy atom. The van der Waals surface area contributed by atoms with E-state index >= 15 is 0 Å². The monoisotopic (exact) mass is 373 g/mol. The molecule has 1 aromatic carbocycles. The van der Waals surface area contributed by atoms with Crippen LogP contribution in [0.4, 0.5) is 5.82 Å². The summed E-state index contributed by atoms with van der Waals surface area (Å²) in [6, 6.07) is 11.4. The summed E-state index contributed by atoms with van der Waals surface area (Å²) in [6.07, 6.45) is 1.97. The van der Waals surface area contributed by atoms with Gasteiger partial charge in [0.1, 0.15) is 11.8 Å². The number of ether oxygens (including phenoxy) is 1. The maximum atomic E-state index is 12.4. The first kappa shape index (κ1) is 17.9.